The summed E-state index contributed by atoms with van der Waals surface area (Å²) in [6.45, 7) is 5.17. The molecule has 0 radical (unpaired) electrons. The number of rotatable bonds is 8. The highest BCUT2D eigenvalue weighted by Gasteiger charge is 2.21. The smallest absolute Gasteiger partial charge is 0.241 e. The molecule has 2 rings (SSSR count). The number of nitrogens with one attached hydrogen (secondary N) is 1. The van der Waals surface area contributed by atoms with Crippen LogP contribution in [0.25, 0.3) is 0 Å². The minimum Gasteiger partial charge on any atom is -0.494 e. The van der Waals surface area contributed by atoms with Gasteiger partial charge in [0.2, 0.25) is 5.91 Å². The zero-order valence-electron chi connectivity index (χ0n) is 15.0. The van der Waals surface area contributed by atoms with Gasteiger partial charge < -0.3 is 10.1 Å². The van der Waals surface area contributed by atoms with E-state index in [0.29, 0.717) is 6.54 Å². The Balaban J connectivity index is 2.08. The van der Waals surface area contributed by atoms with Gasteiger partial charge in [0.25, 0.3) is 0 Å². The molecule has 2 aromatic carbocycles. The maximum absolute atomic E-state index is 13.9. The van der Waals surface area contributed by atoms with Crippen molar-refractivity contribution in [2.75, 3.05) is 19.0 Å². The summed E-state index contributed by atoms with van der Waals surface area (Å²) in [5, 5.41) is 2.92. The number of halogens is 1. The lowest BCUT2D eigenvalue weighted by atomic mass is 10.1. The molecule has 0 aliphatic heterocycles. The molecule has 0 aliphatic rings. The number of hydrogen-bond donors (Lipinski definition) is 1. The highest BCUT2D eigenvalue weighted by atomic mass is 19.1. The fraction of sp³-hybridized carbons (Fsp3) is 0.350. The molecule has 1 N–H and O–H groups in total. The van der Waals surface area contributed by atoms with Crippen LogP contribution in [0.3, 0.4) is 0 Å². The molecule has 25 heavy (non-hydrogen) atoms. The Morgan fingerprint density at radius 2 is 1.96 bits per heavy atom. The molecule has 0 aromatic heterocycles. The van der Waals surface area contributed by atoms with Crippen molar-refractivity contribution in [1.29, 1.82) is 0 Å². The Hall–Kier alpha value is -2.40. The average Bonchev–Trinajstić information content (AvgIpc) is 2.61. The molecule has 0 saturated heterocycles. The number of ether oxygens (including phenoxy) is 1. The number of carbonyl (C=O) groups excluding carboxylic acids is 1. The Bertz CT molecular complexity index is 691. The van der Waals surface area contributed by atoms with Crippen molar-refractivity contribution in [3.05, 3.63) is 59.9 Å². The van der Waals surface area contributed by atoms with Gasteiger partial charge in [-0.2, -0.15) is 0 Å². The van der Waals surface area contributed by atoms with Crippen LogP contribution >= 0.6 is 0 Å². The summed E-state index contributed by atoms with van der Waals surface area (Å²) in [5.74, 6) is -0.243. The Labute approximate surface area is 148 Å². The van der Waals surface area contributed by atoms with Crippen molar-refractivity contribution in [2.24, 2.45) is 0 Å². The maximum atomic E-state index is 13.9. The Kier molecular flexibility index (Phi) is 6.95. The van der Waals surface area contributed by atoms with Gasteiger partial charge in [-0.3, -0.25) is 9.69 Å². The van der Waals surface area contributed by atoms with Gasteiger partial charge in [-0.15, -0.1) is 0 Å². The van der Waals surface area contributed by atoms with Gasteiger partial charge in [-0.25, -0.2) is 4.39 Å². The molecule has 0 saturated carbocycles. The third kappa shape index (κ3) is 5.29. The van der Waals surface area contributed by atoms with Crippen LogP contribution in [-0.2, 0) is 11.3 Å². The highest BCUT2D eigenvalue weighted by Crippen LogP contribution is 2.20. The van der Waals surface area contributed by atoms with Crippen molar-refractivity contribution >= 4 is 11.6 Å². The second kappa shape index (κ2) is 9.18. The lowest BCUT2D eigenvalue weighted by Gasteiger charge is -2.28. The fourth-order valence-corrected chi connectivity index (χ4v) is 2.67. The number of amides is 1. The van der Waals surface area contributed by atoms with Gasteiger partial charge in [-0.1, -0.05) is 31.2 Å². The number of nitrogens with zero attached hydrogens (tertiary/aromatic N) is 1. The molecule has 1 amide bonds. The van der Waals surface area contributed by atoms with Crippen LogP contribution in [0.15, 0.2) is 48.5 Å². The zero-order chi connectivity index (χ0) is 18.2. The van der Waals surface area contributed by atoms with Crippen LogP contribution in [0.1, 0.15) is 25.8 Å². The minimum absolute atomic E-state index is 0.0753. The summed E-state index contributed by atoms with van der Waals surface area (Å²) in [4.78, 5) is 14.6. The van der Waals surface area contributed by atoms with Gasteiger partial charge in [0.05, 0.1) is 13.2 Å². The van der Waals surface area contributed by atoms with E-state index in [1.165, 1.54) is 13.2 Å². The average molecular weight is 344 g/mol. The monoisotopic (exact) mass is 344 g/mol. The Morgan fingerprint density at radius 1 is 1.24 bits per heavy atom. The summed E-state index contributed by atoms with van der Waals surface area (Å²) >= 11 is 0. The van der Waals surface area contributed by atoms with E-state index >= 15 is 0 Å². The first kappa shape index (κ1) is 18.9. The predicted molar refractivity (Wildman–Crippen MR) is 98.2 cm³/mol. The molecular weight excluding hydrogens is 319 g/mol. The normalized spacial score (nSPS) is 12.0. The molecule has 1 unspecified atom stereocenters. The van der Waals surface area contributed by atoms with Gasteiger partial charge in [-0.05, 0) is 49.7 Å². The lowest BCUT2D eigenvalue weighted by Crippen LogP contribution is -2.42. The van der Waals surface area contributed by atoms with Gasteiger partial charge in [0.1, 0.15) is 0 Å². The number of carbonyl (C=O) groups is 1. The third-order valence-corrected chi connectivity index (χ3v) is 4.08. The number of benzene rings is 2. The van der Waals surface area contributed by atoms with Gasteiger partial charge in [0.15, 0.2) is 11.6 Å². The van der Waals surface area contributed by atoms with E-state index in [0.717, 1.165) is 24.2 Å². The molecule has 0 aliphatic carbocycles. The Morgan fingerprint density at radius 3 is 2.56 bits per heavy atom. The molecule has 0 spiro atoms. The molecule has 134 valence electrons. The molecule has 5 heteroatoms. The number of para-hydroxylation sites is 1. The van der Waals surface area contributed by atoms with Crippen LogP contribution in [0.4, 0.5) is 10.1 Å². The summed E-state index contributed by atoms with van der Waals surface area (Å²) < 4.78 is 18.9. The first-order valence-corrected chi connectivity index (χ1v) is 8.47. The van der Waals surface area contributed by atoms with Crippen molar-refractivity contribution in [1.82, 2.24) is 4.90 Å². The molecule has 4 nitrogen and oxygen atoms in total. The van der Waals surface area contributed by atoms with E-state index in [9.17, 15) is 9.18 Å². The van der Waals surface area contributed by atoms with Crippen LogP contribution in [0, 0.1) is 5.82 Å². The molecular formula is C20H25FN2O2. The van der Waals surface area contributed by atoms with Crippen molar-refractivity contribution < 1.29 is 13.9 Å². The summed E-state index contributed by atoms with van der Waals surface area (Å²) in [5.41, 5.74) is 1.58. The van der Waals surface area contributed by atoms with E-state index in [-0.39, 0.29) is 17.7 Å². The quantitative estimate of drug-likeness (QED) is 0.785. The molecule has 0 fully saturated rings. The second-order valence-electron chi connectivity index (χ2n) is 5.97. The van der Waals surface area contributed by atoms with Gasteiger partial charge in [0, 0.05) is 12.2 Å². The van der Waals surface area contributed by atoms with E-state index in [2.05, 4.69) is 12.2 Å². The first-order chi connectivity index (χ1) is 12.0. The number of methoxy groups -OCH3 is 1. The number of anilines is 1. The summed E-state index contributed by atoms with van der Waals surface area (Å²) in [7, 11) is 1.44. The molecule has 0 bridgehead atoms. The molecule has 2 aromatic rings. The molecule has 1 atom stereocenters. The second-order valence-corrected chi connectivity index (χ2v) is 5.97. The zero-order valence-corrected chi connectivity index (χ0v) is 15.0. The van der Waals surface area contributed by atoms with Crippen LogP contribution in [0.5, 0.6) is 5.75 Å². The first-order valence-electron chi connectivity index (χ1n) is 8.47. The largest absolute Gasteiger partial charge is 0.494 e. The van der Waals surface area contributed by atoms with Crippen LogP contribution < -0.4 is 10.1 Å². The van der Waals surface area contributed by atoms with Crippen molar-refractivity contribution in [3.8, 4) is 5.75 Å². The van der Waals surface area contributed by atoms with Gasteiger partial charge >= 0.3 is 0 Å². The van der Waals surface area contributed by atoms with Crippen molar-refractivity contribution in [3.63, 3.8) is 0 Å². The number of hydrogen-bond acceptors (Lipinski definition) is 3. The minimum atomic E-state index is -0.391. The standard InChI is InChI=1S/C20H25FN2O2/c1-4-12-23(14-16-10-11-19(25-3)18(21)13-16)15(2)20(24)22-17-8-6-5-7-9-17/h5-11,13,15H,4,12,14H2,1-3H3,(H,22,24). The third-order valence-electron chi connectivity index (χ3n) is 4.08. The molecule has 0 heterocycles. The van der Waals surface area contributed by atoms with E-state index in [1.54, 1.807) is 6.07 Å². The maximum Gasteiger partial charge on any atom is 0.241 e. The van der Waals surface area contributed by atoms with Crippen molar-refractivity contribution in [2.45, 2.75) is 32.9 Å². The fourth-order valence-electron chi connectivity index (χ4n) is 2.67. The van der Waals surface area contributed by atoms with E-state index in [1.807, 2.05) is 48.2 Å². The van der Waals surface area contributed by atoms with Crippen LogP contribution in [0.2, 0.25) is 0 Å². The summed E-state index contributed by atoms with van der Waals surface area (Å²) in [6.07, 6.45) is 0.904. The van der Waals surface area contributed by atoms with E-state index in [4.69, 9.17) is 4.74 Å². The summed E-state index contributed by atoms with van der Waals surface area (Å²) in [6, 6.07) is 13.9. The predicted octanol–water partition coefficient (Wildman–Crippen LogP) is 4.07. The SMILES string of the molecule is CCCN(Cc1ccc(OC)c(F)c1)C(C)C(=O)Nc1ccccc1. The highest BCUT2D eigenvalue weighted by molar-refractivity contribution is 5.94. The topological polar surface area (TPSA) is 41.6 Å². The van der Waals surface area contributed by atoms with Crippen LogP contribution in [-0.4, -0.2) is 30.5 Å². The van der Waals surface area contributed by atoms with E-state index < -0.39 is 5.82 Å². The lowest BCUT2D eigenvalue weighted by molar-refractivity contribution is -0.121.